The number of pyridine rings is 2. The molecule has 2 aromatic heterocycles. The Balaban J connectivity index is 0.00000380. The molecular weight excluding hydrogens is 497 g/mol. The minimum atomic E-state index is -4.23. The third kappa shape index (κ3) is 7.98. The number of aromatic nitrogens is 2. The predicted octanol–water partition coefficient (Wildman–Crippen LogP) is 5.66. The van der Waals surface area contributed by atoms with Crippen LogP contribution in [-0.4, -0.2) is 37.5 Å². The Morgan fingerprint density at radius 2 is 1.78 bits per heavy atom. The van der Waals surface area contributed by atoms with Crippen LogP contribution in [0.3, 0.4) is 0 Å². The van der Waals surface area contributed by atoms with Crippen LogP contribution >= 0.6 is 0 Å². The minimum Gasteiger partial charge on any atom is -0.493 e. The van der Waals surface area contributed by atoms with Gasteiger partial charge in [0.2, 0.25) is 5.88 Å². The number of carbonyl (C=O) groups is 1. The summed E-state index contributed by atoms with van der Waals surface area (Å²) in [7, 11) is -4.23. The molecule has 1 amide bonds. The lowest BCUT2D eigenvalue weighted by molar-refractivity contribution is 0.0976. The Morgan fingerprint density at radius 3 is 2.46 bits per heavy atom. The van der Waals surface area contributed by atoms with Gasteiger partial charge in [0.25, 0.3) is 15.9 Å². The first-order valence-electron chi connectivity index (χ1n) is 12.0. The molecule has 0 saturated carbocycles. The van der Waals surface area contributed by atoms with Crippen molar-refractivity contribution in [3.05, 3.63) is 65.6 Å². The highest BCUT2D eigenvalue weighted by molar-refractivity contribution is 7.90. The van der Waals surface area contributed by atoms with E-state index >= 15 is 0 Å². The van der Waals surface area contributed by atoms with Gasteiger partial charge in [0.05, 0.1) is 18.9 Å². The molecule has 0 saturated heterocycles. The summed E-state index contributed by atoms with van der Waals surface area (Å²) in [6.45, 7) is 10.3. The van der Waals surface area contributed by atoms with Gasteiger partial charge in [-0.1, -0.05) is 33.8 Å². The van der Waals surface area contributed by atoms with Crippen molar-refractivity contribution < 1.29 is 29.9 Å². The van der Waals surface area contributed by atoms with Gasteiger partial charge >= 0.3 is 0 Å². The molecule has 202 valence electrons. The van der Waals surface area contributed by atoms with E-state index in [9.17, 15) is 17.6 Å². The van der Waals surface area contributed by atoms with Gasteiger partial charge in [-0.15, -0.1) is 0 Å². The fraction of sp³-hybridized carbons (Fsp3) is 0.370. The van der Waals surface area contributed by atoms with Crippen LogP contribution in [0.1, 0.15) is 53.0 Å². The van der Waals surface area contributed by atoms with Crippen LogP contribution < -0.4 is 14.2 Å². The minimum absolute atomic E-state index is 0. The van der Waals surface area contributed by atoms with E-state index in [1.807, 2.05) is 32.4 Å². The SMILES string of the molecule is Cc1cccc(S(=O)(=O)NC(=O)c2ccc(-c3cc(F)cc(OCC(C)C)c3)nc2OCCC(C)C)n1.[HH].[HH]. The van der Waals surface area contributed by atoms with Crippen molar-refractivity contribution in [2.75, 3.05) is 13.2 Å². The van der Waals surface area contributed by atoms with E-state index in [-0.39, 0.29) is 31.8 Å². The average Bonchev–Trinajstić information content (AvgIpc) is 2.82. The smallest absolute Gasteiger partial charge is 0.281 e. The summed E-state index contributed by atoms with van der Waals surface area (Å²) < 4.78 is 53.3. The summed E-state index contributed by atoms with van der Waals surface area (Å²) in [4.78, 5) is 21.4. The van der Waals surface area contributed by atoms with Crippen LogP contribution in [0.2, 0.25) is 0 Å². The first-order chi connectivity index (χ1) is 17.4. The lowest BCUT2D eigenvalue weighted by atomic mass is 10.1. The van der Waals surface area contributed by atoms with Crippen molar-refractivity contribution in [3.8, 4) is 22.9 Å². The molecule has 2 heterocycles. The highest BCUT2D eigenvalue weighted by atomic mass is 32.2. The molecule has 1 aromatic carbocycles. The maximum Gasteiger partial charge on any atom is 0.281 e. The largest absolute Gasteiger partial charge is 0.493 e. The van der Waals surface area contributed by atoms with Crippen molar-refractivity contribution in [2.45, 2.75) is 46.1 Å². The first-order valence-corrected chi connectivity index (χ1v) is 13.5. The number of hydrogen-bond acceptors (Lipinski definition) is 7. The number of sulfonamides is 1. The number of nitrogens with zero attached hydrogens (tertiary/aromatic N) is 2. The van der Waals surface area contributed by atoms with Crippen LogP contribution in [0, 0.1) is 24.6 Å². The van der Waals surface area contributed by atoms with Crippen LogP contribution in [0.15, 0.2) is 53.6 Å². The molecule has 10 heteroatoms. The molecule has 0 atom stereocenters. The van der Waals surface area contributed by atoms with E-state index in [2.05, 4.69) is 9.97 Å². The number of carbonyl (C=O) groups excluding carboxylic acids is 1. The Bertz CT molecular complexity index is 1370. The number of hydrogen-bond donors (Lipinski definition) is 1. The average molecular weight is 534 g/mol. The van der Waals surface area contributed by atoms with Crippen molar-refractivity contribution in [3.63, 3.8) is 0 Å². The second-order valence-corrected chi connectivity index (χ2v) is 11.1. The first kappa shape index (κ1) is 28.0. The van der Waals surface area contributed by atoms with Gasteiger partial charge in [-0.2, -0.15) is 8.42 Å². The summed E-state index contributed by atoms with van der Waals surface area (Å²) in [6, 6.07) is 11.6. The molecule has 0 unspecified atom stereocenters. The topological polar surface area (TPSA) is 107 Å². The van der Waals surface area contributed by atoms with Gasteiger partial charge in [-0.3, -0.25) is 4.79 Å². The quantitative estimate of drug-likeness (QED) is 0.339. The normalized spacial score (nSPS) is 11.6. The van der Waals surface area contributed by atoms with E-state index in [0.29, 0.717) is 41.6 Å². The van der Waals surface area contributed by atoms with Crippen LogP contribution in [-0.2, 0) is 10.0 Å². The van der Waals surface area contributed by atoms with E-state index in [1.54, 1.807) is 19.1 Å². The number of ether oxygens (including phenoxy) is 2. The van der Waals surface area contributed by atoms with Crippen molar-refractivity contribution in [2.24, 2.45) is 11.8 Å². The van der Waals surface area contributed by atoms with Crippen molar-refractivity contribution in [1.82, 2.24) is 14.7 Å². The molecule has 3 rings (SSSR count). The summed E-state index contributed by atoms with van der Waals surface area (Å²) in [5.74, 6) is -0.531. The van der Waals surface area contributed by atoms with Crippen LogP contribution in [0.5, 0.6) is 11.6 Å². The lowest BCUT2D eigenvalue weighted by Gasteiger charge is -2.14. The molecular formula is C27H36FN3O5S. The molecule has 0 radical (unpaired) electrons. The zero-order valence-corrected chi connectivity index (χ0v) is 22.4. The highest BCUT2D eigenvalue weighted by Gasteiger charge is 2.24. The molecule has 1 N–H and O–H groups in total. The Morgan fingerprint density at radius 1 is 1.03 bits per heavy atom. The van der Waals surface area contributed by atoms with Crippen molar-refractivity contribution in [1.29, 1.82) is 0 Å². The Kier molecular flexibility index (Phi) is 9.20. The maximum atomic E-state index is 14.3. The molecule has 8 nitrogen and oxygen atoms in total. The molecule has 0 aliphatic rings. The van der Waals surface area contributed by atoms with Crippen LogP contribution in [0.4, 0.5) is 4.39 Å². The van der Waals surface area contributed by atoms with E-state index in [0.717, 1.165) is 0 Å². The predicted molar refractivity (Wildman–Crippen MR) is 143 cm³/mol. The van der Waals surface area contributed by atoms with E-state index < -0.39 is 21.7 Å². The van der Waals surface area contributed by atoms with Gasteiger partial charge in [0.1, 0.15) is 17.1 Å². The van der Waals surface area contributed by atoms with Gasteiger partial charge in [0.15, 0.2) is 5.03 Å². The zero-order chi connectivity index (χ0) is 27.2. The standard InChI is InChI=1S/C27H32FN3O5S.2H2/c1-17(2)11-12-35-27-23(26(32)31-37(33,34)25-8-6-7-19(5)29-25)9-10-24(30-27)20-13-21(28)15-22(14-20)36-16-18(3)4;;/h6-10,13-15,17-18H,11-12,16H2,1-5H3,(H,31,32);2*1H. The van der Waals surface area contributed by atoms with E-state index in [4.69, 9.17) is 9.47 Å². The Hall–Kier alpha value is -3.53. The maximum absolute atomic E-state index is 14.3. The number of aryl methyl sites for hydroxylation is 1. The molecule has 0 bridgehead atoms. The second-order valence-electron chi connectivity index (χ2n) is 9.51. The molecule has 0 aliphatic carbocycles. The van der Waals surface area contributed by atoms with Crippen LogP contribution in [0.25, 0.3) is 11.3 Å². The van der Waals surface area contributed by atoms with Crippen molar-refractivity contribution >= 4 is 15.9 Å². The molecule has 0 fully saturated rings. The number of nitrogens with one attached hydrogen (secondary N) is 1. The van der Waals surface area contributed by atoms with Gasteiger partial charge in [0, 0.05) is 20.2 Å². The summed E-state index contributed by atoms with van der Waals surface area (Å²) in [5.41, 5.74) is 1.19. The monoisotopic (exact) mass is 533 g/mol. The summed E-state index contributed by atoms with van der Waals surface area (Å²) in [6.07, 6.45) is 0.686. The van der Waals surface area contributed by atoms with Gasteiger partial charge in [-0.05, 0) is 61.6 Å². The Labute approximate surface area is 220 Å². The fourth-order valence-electron chi connectivity index (χ4n) is 3.23. The number of benzene rings is 1. The third-order valence-corrected chi connectivity index (χ3v) is 6.39. The van der Waals surface area contributed by atoms with E-state index in [1.165, 1.54) is 36.4 Å². The molecule has 0 aliphatic heterocycles. The molecule has 3 aromatic rings. The highest BCUT2D eigenvalue weighted by Crippen LogP contribution is 2.28. The van der Waals surface area contributed by atoms with Gasteiger partial charge < -0.3 is 9.47 Å². The van der Waals surface area contributed by atoms with Gasteiger partial charge in [-0.25, -0.2) is 19.1 Å². The number of amides is 1. The second kappa shape index (κ2) is 12.1. The fourth-order valence-corrected chi connectivity index (χ4v) is 4.21. The lowest BCUT2D eigenvalue weighted by Crippen LogP contribution is -2.31. The number of rotatable bonds is 11. The number of halogens is 1. The zero-order valence-electron chi connectivity index (χ0n) is 21.6. The summed E-state index contributed by atoms with van der Waals surface area (Å²) >= 11 is 0. The molecule has 0 spiro atoms. The summed E-state index contributed by atoms with van der Waals surface area (Å²) in [5, 5.41) is -0.276. The molecule has 37 heavy (non-hydrogen) atoms. The third-order valence-electron chi connectivity index (χ3n) is 5.15.